The van der Waals surface area contributed by atoms with Crippen LogP contribution in [0.25, 0.3) is 11.2 Å². The van der Waals surface area contributed by atoms with Crippen molar-refractivity contribution in [2.45, 2.75) is 32.4 Å². The summed E-state index contributed by atoms with van der Waals surface area (Å²) in [6, 6.07) is 13.6. The molecule has 1 aliphatic carbocycles. The van der Waals surface area contributed by atoms with Crippen molar-refractivity contribution in [3.05, 3.63) is 92.1 Å². The highest BCUT2D eigenvalue weighted by Gasteiger charge is 2.26. The first-order valence-electron chi connectivity index (χ1n) is 11.2. The van der Waals surface area contributed by atoms with E-state index in [1.54, 1.807) is 25.2 Å². The van der Waals surface area contributed by atoms with Crippen LogP contribution in [-0.2, 0) is 24.3 Å². The molecule has 1 amide bonds. The van der Waals surface area contributed by atoms with Crippen molar-refractivity contribution in [3.8, 4) is 0 Å². The fraction of sp³-hybridized carbons (Fsp3) is 0.280. The number of hydrogen-bond donors (Lipinski definition) is 1. The van der Waals surface area contributed by atoms with Gasteiger partial charge < -0.3 is 9.88 Å². The summed E-state index contributed by atoms with van der Waals surface area (Å²) in [5.74, 6) is 0.468. The van der Waals surface area contributed by atoms with E-state index in [1.165, 1.54) is 15.5 Å². The van der Waals surface area contributed by atoms with Gasteiger partial charge in [0.05, 0.1) is 6.54 Å². The predicted molar refractivity (Wildman–Crippen MR) is 127 cm³/mol. The van der Waals surface area contributed by atoms with Crippen molar-refractivity contribution in [2.24, 2.45) is 5.92 Å². The Morgan fingerprint density at radius 2 is 1.85 bits per heavy atom. The molecule has 1 fully saturated rings. The van der Waals surface area contributed by atoms with E-state index < -0.39 is 17.1 Å². The normalized spacial score (nSPS) is 13.4. The van der Waals surface area contributed by atoms with E-state index >= 15 is 0 Å². The van der Waals surface area contributed by atoms with E-state index in [1.807, 2.05) is 24.3 Å². The third-order valence-electron chi connectivity index (χ3n) is 6.21. The molecule has 0 radical (unpaired) electrons. The summed E-state index contributed by atoms with van der Waals surface area (Å²) >= 11 is 0. The molecule has 5 rings (SSSR count). The Balaban J connectivity index is 1.55. The molecule has 34 heavy (non-hydrogen) atoms. The van der Waals surface area contributed by atoms with Crippen LogP contribution in [0.1, 0.15) is 29.8 Å². The molecular weight excluding hydrogens is 437 g/mol. The van der Waals surface area contributed by atoms with Gasteiger partial charge in [0.15, 0.2) is 5.65 Å². The standard InChI is InChI=1S/C25H24FN5O3/c1-29(15-32)19-10-8-16(9-11-19)12-21-27-22-23(28-21)30(13-17-6-7-17)25(34)31(24(22)33)14-18-4-2-3-5-20(18)26/h2-5,8-11,15,17H,6-7,12-14H2,1H3,(H,27,28). The zero-order valence-electron chi connectivity index (χ0n) is 18.7. The minimum absolute atomic E-state index is 0.148. The number of benzene rings is 2. The third kappa shape index (κ3) is 4.16. The maximum atomic E-state index is 14.3. The smallest absolute Gasteiger partial charge is 0.333 e. The molecule has 9 heteroatoms. The van der Waals surface area contributed by atoms with Gasteiger partial charge in [0.2, 0.25) is 6.41 Å². The Labute approximate surface area is 194 Å². The molecule has 8 nitrogen and oxygen atoms in total. The fourth-order valence-corrected chi connectivity index (χ4v) is 4.06. The summed E-state index contributed by atoms with van der Waals surface area (Å²) in [5.41, 5.74) is 1.55. The molecule has 1 saturated carbocycles. The molecule has 4 aromatic rings. The van der Waals surface area contributed by atoms with Gasteiger partial charge in [-0.1, -0.05) is 30.3 Å². The lowest BCUT2D eigenvalue weighted by Gasteiger charge is -2.11. The molecule has 2 aromatic carbocycles. The highest BCUT2D eigenvalue weighted by atomic mass is 19.1. The monoisotopic (exact) mass is 461 g/mol. The van der Waals surface area contributed by atoms with Gasteiger partial charge in [-0.2, -0.15) is 0 Å². The largest absolute Gasteiger partial charge is 0.336 e. The molecule has 0 spiro atoms. The van der Waals surface area contributed by atoms with Crippen LogP contribution in [-0.4, -0.2) is 32.6 Å². The molecular formula is C25H24FN5O3. The number of imidazole rings is 1. The minimum atomic E-state index is -0.517. The highest BCUT2D eigenvalue weighted by molar-refractivity contribution is 5.74. The summed E-state index contributed by atoms with van der Waals surface area (Å²) in [4.78, 5) is 46.7. The summed E-state index contributed by atoms with van der Waals surface area (Å²) < 4.78 is 16.9. The average molecular weight is 461 g/mol. The number of aromatic nitrogens is 4. The topological polar surface area (TPSA) is 93.0 Å². The quantitative estimate of drug-likeness (QED) is 0.409. The number of anilines is 1. The van der Waals surface area contributed by atoms with Crippen molar-refractivity contribution in [2.75, 3.05) is 11.9 Å². The van der Waals surface area contributed by atoms with Gasteiger partial charge in [-0.15, -0.1) is 0 Å². The third-order valence-corrected chi connectivity index (χ3v) is 6.21. The summed E-state index contributed by atoms with van der Waals surface area (Å²) in [6.45, 7) is 0.328. The van der Waals surface area contributed by atoms with Gasteiger partial charge in [-0.05, 0) is 42.5 Å². The Kier molecular flexibility index (Phi) is 5.61. The van der Waals surface area contributed by atoms with Crippen LogP contribution < -0.4 is 16.1 Å². The number of carbonyl (C=O) groups excluding carboxylic acids is 1. The second kappa shape index (κ2) is 8.74. The SMILES string of the molecule is CN(C=O)c1ccc(Cc2nc3c([nH]2)c(=O)n(Cc2ccccc2F)c(=O)n3CC2CC2)cc1. The van der Waals surface area contributed by atoms with E-state index in [0.29, 0.717) is 30.4 Å². The predicted octanol–water partition coefficient (Wildman–Crippen LogP) is 2.67. The van der Waals surface area contributed by atoms with Gasteiger partial charge in [0.1, 0.15) is 17.2 Å². The number of rotatable bonds is 8. The molecule has 2 heterocycles. The van der Waals surface area contributed by atoms with Crippen molar-refractivity contribution in [1.29, 1.82) is 0 Å². The first kappa shape index (κ1) is 21.8. The van der Waals surface area contributed by atoms with Crippen LogP contribution in [0.2, 0.25) is 0 Å². The second-order valence-corrected chi connectivity index (χ2v) is 8.76. The van der Waals surface area contributed by atoms with Crippen LogP contribution in [0.4, 0.5) is 10.1 Å². The van der Waals surface area contributed by atoms with E-state index in [9.17, 15) is 18.8 Å². The minimum Gasteiger partial charge on any atom is -0.336 e. The molecule has 1 N–H and O–H groups in total. The summed E-state index contributed by atoms with van der Waals surface area (Å²) in [5, 5.41) is 0. The van der Waals surface area contributed by atoms with Gasteiger partial charge >= 0.3 is 5.69 Å². The van der Waals surface area contributed by atoms with Gasteiger partial charge in [0.25, 0.3) is 5.56 Å². The van der Waals surface area contributed by atoms with Gasteiger partial charge in [-0.25, -0.2) is 14.2 Å². The van der Waals surface area contributed by atoms with Crippen molar-refractivity contribution in [1.82, 2.24) is 19.1 Å². The lowest BCUT2D eigenvalue weighted by Crippen LogP contribution is -2.40. The Hall–Kier alpha value is -4.01. The maximum absolute atomic E-state index is 14.3. The van der Waals surface area contributed by atoms with E-state index in [2.05, 4.69) is 9.97 Å². The zero-order chi connectivity index (χ0) is 23.8. The molecule has 0 atom stereocenters. The van der Waals surface area contributed by atoms with Gasteiger partial charge in [0, 0.05) is 31.3 Å². The van der Waals surface area contributed by atoms with Crippen molar-refractivity contribution < 1.29 is 9.18 Å². The van der Waals surface area contributed by atoms with Crippen LogP contribution in [0, 0.1) is 11.7 Å². The number of fused-ring (bicyclic) bond motifs is 1. The molecule has 2 aromatic heterocycles. The van der Waals surface area contributed by atoms with Crippen LogP contribution in [0.15, 0.2) is 58.1 Å². The summed E-state index contributed by atoms with van der Waals surface area (Å²) in [7, 11) is 1.67. The number of aromatic amines is 1. The number of hydrogen-bond acceptors (Lipinski definition) is 4. The van der Waals surface area contributed by atoms with Crippen molar-refractivity contribution >= 4 is 23.3 Å². The number of amides is 1. The highest BCUT2D eigenvalue weighted by Crippen LogP contribution is 2.30. The first-order chi connectivity index (χ1) is 16.4. The average Bonchev–Trinajstić information content (AvgIpc) is 3.57. The molecule has 1 aliphatic rings. The van der Waals surface area contributed by atoms with Crippen LogP contribution in [0.3, 0.4) is 0 Å². The van der Waals surface area contributed by atoms with Gasteiger partial charge in [-0.3, -0.25) is 18.7 Å². The lowest BCUT2D eigenvalue weighted by atomic mass is 10.1. The molecule has 0 bridgehead atoms. The maximum Gasteiger partial charge on any atom is 0.333 e. The molecule has 174 valence electrons. The Morgan fingerprint density at radius 1 is 1.12 bits per heavy atom. The molecule has 0 unspecified atom stereocenters. The fourth-order valence-electron chi connectivity index (χ4n) is 4.06. The second-order valence-electron chi connectivity index (χ2n) is 8.76. The Morgan fingerprint density at radius 3 is 2.53 bits per heavy atom. The zero-order valence-corrected chi connectivity index (χ0v) is 18.7. The molecule has 0 saturated heterocycles. The lowest BCUT2D eigenvalue weighted by molar-refractivity contribution is -0.107. The Bertz CT molecular complexity index is 1480. The van der Waals surface area contributed by atoms with Crippen LogP contribution >= 0.6 is 0 Å². The van der Waals surface area contributed by atoms with Crippen molar-refractivity contribution in [3.63, 3.8) is 0 Å². The number of nitrogens with zero attached hydrogens (tertiary/aromatic N) is 4. The first-order valence-corrected chi connectivity index (χ1v) is 11.2. The molecule has 0 aliphatic heterocycles. The summed E-state index contributed by atoms with van der Waals surface area (Å²) in [6.07, 6.45) is 3.21. The van der Waals surface area contributed by atoms with E-state index in [-0.39, 0.29) is 17.6 Å². The van der Waals surface area contributed by atoms with E-state index in [0.717, 1.165) is 35.1 Å². The van der Waals surface area contributed by atoms with E-state index in [4.69, 9.17) is 0 Å². The van der Waals surface area contributed by atoms with Crippen LogP contribution in [0.5, 0.6) is 0 Å². The number of nitrogens with one attached hydrogen (secondary N) is 1. The number of carbonyl (C=O) groups is 1. The number of halogens is 1. The number of H-pyrrole nitrogens is 1.